The predicted molar refractivity (Wildman–Crippen MR) is 92.7 cm³/mol. The van der Waals surface area contributed by atoms with Crippen LogP contribution in [-0.2, 0) is 0 Å². The third kappa shape index (κ3) is 3.84. The number of carbonyl (C=O) groups excluding carboxylic acids is 1. The average Bonchev–Trinajstić information content (AvgIpc) is 2.78. The predicted octanol–water partition coefficient (Wildman–Crippen LogP) is 2.31. The lowest BCUT2D eigenvalue weighted by molar-refractivity contribution is 0.0960. The van der Waals surface area contributed by atoms with Crippen LogP contribution >= 0.6 is 23.1 Å². The molecular formula is C14H24N4OS2. The molecule has 0 unspecified atom stereocenters. The Morgan fingerprint density at radius 1 is 1.48 bits per heavy atom. The van der Waals surface area contributed by atoms with E-state index in [0.717, 1.165) is 35.8 Å². The monoisotopic (exact) mass is 328 g/mol. The standard InChI is InChI=1S/C14H24N4OS2/c1-4-16-13(19)11-10(15)12(20-3)14(21-11)17-9-5-7-18(2)8-6-9/h9,17H,4-8,15H2,1-3H3,(H,16,19). The van der Waals surface area contributed by atoms with Gasteiger partial charge in [-0.1, -0.05) is 0 Å². The largest absolute Gasteiger partial charge is 0.396 e. The van der Waals surface area contributed by atoms with Gasteiger partial charge in [-0.05, 0) is 46.2 Å². The Kier molecular flexibility index (Phi) is 5.78. The van der Waals surface area contributed by atoms with Gasteiger partial charge in [-0.25, -0.2) is 0 Å². The molecule has 1 saturated heterocycles. The summed E-state index contributed by atoms with van der Waals surface area (Å²) in [4.78, 5) is 16.0. The molecule has 0 atom stereocenters. The number of hydrogen-bond acceptors (Lipinski definition) is 6. The quantitative estimate of drug-likeness (QED) is 0.724. The van der Waals surface area contributed by atoms with Crippen molar-refractivity contribution in [2.24, 2.45) is 0 Å². The van der Waals surface area contributed by atoms with Gasteiger partial charge in [0.05, 0.1) is 10.6 Å². The van der Waals surface area contributed by atoms with Crippen LogP contribution in [0.1, 0.15) is 29.4 Å². The van der Waals surface area contributed by atoms with Crippen molar-refractivity contribution < 1.29 is 4.79 Å². The van der Waals surface area contributed by atoms with Gasteiger partial charge in [0, 0.05) is 12.6 Å². The van der Waals surface area contributed by atoms with Gasteiger partial charge >= 0.3 is 0 Å². The molecule has 5 nitrogen and oxygen atoms in total. The van der Waals surface area contributed by atoms with E-state index in [9.17, 15) is 4.79 Å². The molecule has 2 heterocycles. The van der Waals surface area contributed by atoms with Crippen LogP contribution in [-0.4, -0.2) is 49.8 Å². The minimum atomic E-state index is -0.0771. The zero-order valence-electron chi connectivity index (χ0n) is 12.9. The van der Waals surface area contributed by atoms with Crippen LogP contribution in [0.25, 0.3) is 0 Å². The smallest absolute Gasteiger partial charge is 0.263 e. The van der Waals surface area contributed by atoms with Gasteiger partial charge in [-0.3, -0.25) is 4.79 Å². The lowest BCUT2D eigenvalue weighted by atomic mass is 10.1. The van der Waals surface area contributed by atoms with E-state index in [2.05, 4.69) is 22.6 Å². The van der Waals surface area contributed by atoms with Crippen LogP contribution in [0.15, 0.2) is 4.90 Å². The molecule has 0 saturated carbocycles. The number of nitrogens with one attached hydrogen (secondary N) is 2. The Morgan fingerprint density at radius 2 is 2.14 bits per heavy atom. The molecule has 1 fully saturated rings. The summed E-state index contributed by atoms with van der Waals surface area (Å²) < 4.78 is 0. The van der Waals surface area contributed by atoms with E-state index in [1.165, 1.54) is 11.3 Å². The Labute approximate surface area is 134 Å². The highest BCUT2D eigenvalue weighted by Gasteiger charge is 2.23. The minimum Gasteiger partial charge on any atom is -0.396 e. The number of thioether (sulfide) groups is 1. The molecule has 21 heavy (non-hydrogen) atoms. The first kappa shape index (κ1) is 16.5. The van der Waals surface area contributed by atoms with E-state index in [0.29, 0.717) is 23.2 Å². The first-order valence-corrected chi connectivity index (χ1v) is 9.30. The van der Waals surface area contributed by atoms with Crippen molar-refractivity contribution >= 4 is 39.7 Å². The Bertz CT molecular complexity index is 495. The van der Waals surface area contributed by atoms with E-state index in [1.54, 1.807) is 11.8 Å². The molecule has 118 valence electrons. The number of likely N-dealkylation sites (tertiary alicyclic amines) is 1. The molecule has 1 aliphatic rings. The zero-order valence-corrected chi connectivity index (χ0v) is 14.5. The third-order valence-corrected chi connectivity index (χ3v) is 5.80. The second kappa shape index (κ2) is 7.38. The number of anilines is 2. The summed E-state index contributed by atoms with van der Waals surface area (Å²) in [6, 6.07) is 0.465. The van der Waals surface area contributed by atoms with Crippen LogP contribution in [0.4, 0.5) is 10.7 Å². The van der Waals surface area contributed by atoms with E-state index in [-0.39, 0.29) is 5.91 Å². The molecule has 1 amide bonds. The second-order valence-corrected chi connectivity index (χ2v) is 7.13. The summed E-state index contributed by atoms with van der Waals surface area (Å²) in [6.07, 6.45) is 4.25. The molecule has 1 aromatic heterocycles. The maximum atomic E-state index is 12.1. The maximum absolute atomic E-state index is 12.1. The lowest BCUT2D eigenvalue weighted by Crippen LogP contribution is -2.36. The van der Waals surface area contributed by atoms with Crippen molar-refractivity contribution in [1.82, 2.24) is 10.2 Å². The van der Waals surface area contributed by atoms with Crippen LogP contribution < -0.4 is 16.4 Å². The minimum absolute atomic E-state index is 0.0771. The van der Waals surface area contributed by atoms with Crippen LogP contribution in [0, 0.1) is 0 Å². The molecule has 1 aromatic rings. The van der Waals surface area contributed by atoms with E-state index in [4.69, 9.17) is 5.73 Å². The van der Waals surface area contributed by atoms with Crippen molar-refractivity contribution in [3.63, 3.8) is 0 Å². The number of thiophene rings is 1. The van der Waals surface area contributed by atoms with Crippen molar-refractivity contribution in [2.45, 2.75) is 30.7 Å². The highest BCUT2D eigenvalue weighted by Crippen LogP contribution is 2.42. The lowest BCUT2D eigenvalue weighted by Gasteiger charge is -2.29. The molecule has 0 radical (unpaired) electrons. The molecule has 2 rings (SSSR count). The molecule has 7 heteroatoms. The van der Waals surface area contributed by atoms with Gasteiger partial charge < -0.3 is 21.3 Å². The molecule has 0 bridgehead atoms. The number of nitrogens with two attached hydrogens (primary N) is 1. The second-order valence-electron chi connectivity index (χ2n) is 5.29. The summed E-state index contributed by atoms with van der Waals surface area (Å²) in [5.41, 5.74) is 6.76. The molecule has 0 aliphatic carbocycles. The number of amides is 1. The Morgan fingerprint density at radius 3 is 2.71 bits per heavy atom. The topological polar surface area (TPSA) is 70.4 Å². The van der Waals surface area contributed by atoms with Crippen LogP contribution in [0.2, 0.25) is 0 Å². The van der Waals surface area contributed by atoms with Crippen LogP contribution in [0.3, 0.4) is 0 Å². The summed E-state index contributed by atoms with van der Waals surface area (Å²) in [7, 11) is 2.15. The van der Waals surface area contributed by atoms with Crippen molar-refractivity contribution in [1.29, 1.82) is 0 Å². The fourth-order valence-electron chi connectivity index (χ4n) is 2.47. The van der Waals surface area contributed by atoms with Crippen molar-refractivity contribution in [3.8, 4) is 0 Å². The Balaban J connectivity index is 2.15. The molecular weight excluding hydrogens is 304 g/mol. The number of carbonyl (C=O) groups is 1. The van der Waals surface area contributed by atoms with Gasteiger partial charge in [0.2, 0.25) is 0 Å². The van der Waals surface area contributed by atoms with Gasteiger partial charge in [0.15, 0.2) is 0 Å². The number of nitrogen functional groups attached to an aromatic ring is 1. The first-order valence-electron chi connectivity index (χ1n) is 7.26. The highest BCUT2D eigenvalue weighted by molar-refractivity contribution is 7.99. The van der Waals surface area contributed by atoms with Gasteiger partial charge in [-0.2, -0.15) is 0 Å². The fourth-order valence-corrected chi connectivity index (χ4v) is 4.49. The molecule has 1 aliphatic heterocycles. The van der Waals surface area contributed by atoms with E-state index < -0.39 is 0 Å². The maximum Gasteiger partial charge on any atom is 0.263 e. The van der Waals surface area contributed by atoms with E-state index in [1.807, 2.05) is 13.2 Å². The normalized spacial score (nSPS) is 16.9. The SMILES string of the molecule is CCNC(=O)c1sc(NC2CCN(C)CC2)c(SC)c1N. The molecule has 4 N–H and O–H groups in total. The van der Waals surface area contributed by atoms with Gasteiger partial charge in [0.1, 0.15) is 9.88 Å². The van der Waals surface area contributed by atoms with Crippen LogP contribution in [0.5, 0.6) is 0 Å². The van der Waals surface area contributed by atoms with Crippen molar-refractivity contribution in [2.75, 3.05) is 44.0 Å². The highest BCUT2D eigenvalue weighted by atomic mass is 32.2. The molecule has 0 spiro atoms. The molecule has 0 aromatic carbocycles. The van der Waals surface area contributed by atoms with Crippen molar-refractivity contribution in [3.05, 3.63) is 4.88 Å². The fraction of sp³-hybridized carbons (Fsp3) is 0.643. The van der Waals surface area contributed by atoms with Gasteiger partial charge in [-0.15, -0.1) is 23.1 Å². The summed E-state index contributed by atoms with van der Waals surface area (Å²) in [5.74, 6) is -0.0771. The number of nitrogens with zero attached hydrogens (tertiary/aromatic N) is 1. The van der Waals surface area contributed by atoms with Gasteiger partial charge in [0.25, 0.3) is 5.91 Å². The number of hydrogen-bond donors (Lipinski definition) is 3. The average molecular weight is 329 g/mol. The van der Waals surface area contributed by atoms with E-state index >= 15 is 0 Å². The zero-order chi connectivity index (χ0) is 15.4. The summed E-state index contributed by atoms with van der Waals surface area (Å²) >= 11 is 3.07. The summed E-state index contributed by atoms with van der Waals surface area (Å²) in [6.45, 7) is 4.74. The summed E-state index contributed by atoms with van der Waals surface area (Å²) in [5, 5.41) is 7.45. The Hall–Kier alpha value is -0.920. The number of piperidine rings is 1. The third-order valence-electron chi connectivity index (χ3n) is 3.70. The first-order chi connectivity index (χ1) is 10.1. The number of rotatable bonds is 5.